The van der Waals surface area contributed by atoms with E-state index in [1.165, 1.54) is 13.2 Å². The molecule has 354 valence electrons. The van der Waals surface area contributed by atoms with Gasteiger partial charge in [-0.2, -0.15) is 12.7 Å². The van der Waals surface area contributed by atoms with Crippen molar-refractivity contribution in [3.05, 3.63) is 95.7 Å². The lowest BCUT2D eigenvalue weighted by Gasteiger charge is -2.35. The van der Waals surface area contributed by atoms with Gasteiger partial charge in [0.05, 0.1) is 24.0 Å². The molecule has 8 rings (SSSR count). The molecule has 3 aliphatic heterocycles. The van der Waals surface area contributed by atoms with E-state index in [0.717, 1.165) is 66.7 Å². The fourth-order valence-electron chi connectivity index (χ4n) is 8.19. The van der Waals surface area contributed by atoms with Crippen molar-refractivity contribution >= 4 is 62.7 Å². The van der Waals surface area contributed by atoms with E-state index < -0.39 is 50.9 Å². The van der Waals surface area contributed by atoms with Gasteiger partial charge in [0.25, 0.3) is 12.4 Å². The average Bonchev–Trinajstić information content (AvgIpc) is 3.77. The number of carbonyl (C=O) groups excluding carboxylic acids is 4. The summed E-state index contributed by atoms with van der Waals surface area (Å²) in [4.78, 5) is 79.3. The quantitative estimate of drug-likeness (QED) is 0.0601. The van der Waals surface area contributed by atoms with Crippen LogP contribution in [0.2, 0.25) is 0 Å². The van der Waals surface area contributed by atoms with Crippen molar-refractivity contribution in [2.75, 3.05) is 55.9 Å². The number of aromatic nitrogens is 4. The van der Waals surface area contributed by atoms with Gasteiger partial charge in [-0.15, -0.1) is 0 Å². The first-order valence-electron chi connectivity index (χ1n) is 21.7. The highest BCUT2D eigenvalue weighted by atomic mass is 32.2. The summed E-state index contributed by atoms with van der Waals surface area (Å²) in [6.07, 6.45) is 9.30. The number of fused-ring (bicyclic) bond motifs is 1. The SMILES string of the molecule is CCN(C)S(=O)(=O)Nc1ccc(F)c(C(=O)c2c[nH]c3ncc(-c4ccc(N5CCC(NCC(=O)N6CCC(c7ccc(OC8CCC(=O)NC8=O)cn7)CC6)CC5)nc4)cc23)c1F.O=CO. The number of ketones is 1. The largest absolute Gasteiger partial charge is 0.483 e. The molecule has 5 aromatic rings. The Hall–Kier alpha value is -6.91. The third kappa shape index (κ3) is 11.2. The maximum Gasteiger partial charge on any atom is 0.301 e. The number of anilines is 2. The molecule has 1 unspecified atom stereocenters. The molecule has 19 nitrogen and oxygen atoms in total. The van der Waals surface area contributed by atoms with Crippen LogP contribution in [0.4, 0.5) is 20.3 Å². The Balaban J connectivity index is 0.00000216. The molecule has 0 saturated carbocycles. The molecule has 7 heterocycles. The van der Waals surface area contributed by atoms with Crippen molar-refractivity contribution in [3.63, 3.8) is 0 Å². The summed E-state index contributed by atoms with van der Waals surface area (Å²) in [5, 5.41) is 13.0. The average molecular weight is 945 g/mol. The fourth-order valence-corrected chi connectivity index (χ4v) is 9.12. The van der Waals surface area contributed by atoms with Gasteiger partial charge in [-0.05, 0) is 68.1 Å². The number of pyridine rings is 3. The Morgan fingerprint density at radius 3 is 2.34 bits per heavy atom. The Kier molecular flexibility index (Phi) is 15.2. The molecule has 3 aliphatic rings. The number of halogens is 2. The zero-order valence-corrected chi connectivity index (χ0v) is 37.5. The van der Waals surface area contributed by atoms with Crippen LogP contribution in [0, 0.1) is 11.6 Å². The Labute approximate surface area is 384 Å². The lowest BCUT2D eigenvalue weighted by molar-refractivity contribution is -0.139. The Bertz CT molecular complexity index is 2730. The number of ether oxygens (including phenoxy) is 1. The minimum absolute atomic E-state index is 0.0434. The number of H-pyrrole nitrogens is 1. The summed E-state index contributed by atoms with van der Waals surface area (Å²) in [5.74, 6) is -2.67. The monoisotopic (exact) mass is 944 g/mol. The van der Waals surface area contributed by atoms with E-state index in [0.29, 0.717) is 47.4 Å². The normalized spacial score (nSPS) is 17.2. The number of hydrogen-bond acceptors (Lipinski definition) is 13. The lowest BCUT2D eigenvalue weighted by Crippen LogP contribution is -2.48. The van der Waals surface area contributed by atoms with E-state index in [2.05, 4.69) is 35.2 Å². The smallest absolute Gasteiger partial charge is 0.301 e. The molecule has 0 bridgehead atoms. The summed E-state index contributed by atoms with van der Waals surface area (Å²) < 4.78 is 64.5. The van der Waals surface area contributed by atoms with Crippen LogP contribution in [0.15, 0.2) is 67.3 Å². The molecular weight excluding hydrogens is 895 g/mol. The number of aromatic amines is 1. The third-order valence-corrected chi connectivity index (χ3v) is 13.7. The Morgan fingerprint density at radius 2 is 1.69 bits per heavy atom. The van der Waals surface area contributed by atoms with Gasteiger partial charge in [-0.3, -0.25) is 39.0 Å². The third-order valence-electron chi connectivity index (χ3n) is 12.1. The zero-order chi connectivity index (χ0) is 47.8. The summed E-state index contributed by atoms with van der Waals surface area (Å²) in [5.41, 5.74) is 1.05. The highest BCUT2D eigenvalue weighted by Crippen LogP contribution is 2.32. The number of carboxylic acid groups (broad SMARTS) is 1. The maximum absolute atomic E-state index is 15.6. The van der Waals surface area contributed by atoms with Gasteiger partial charge in [0.15, 0.2) is 11.9 Å². The van der Waals surface area contributed by atoms with Crippen LogP contribution >= 0.6 is 0 Å². The number of amides is 3. The Morgan fingerprint density at radius 1 is 0.955 bits per heavy atom. The summed E-state index contributed by atoms with van der Waals surface area (Å²) in [6, 6.07) is 11.1. The van der Waals surface area contributed by atoms with Crippen molar-refractivity contribution in [2.45, 2.75) is 63.5 Å². The number of hydrogen-bond donors (Lipinski definition) is 5. The van der Waals surface area contributed by atoms with E-state index in [1.54, 1.807) is 37.6 Å². The predicted octanol–water partition coefficient (Wildman–Crippen LogP) is 3.99. The number of benzene rings is 1. The van der Waals surface area contributed by atoms with E-state index >= 15 is 8.78 Å². The van der Waals surface area contributed by atoms with Crippen LogP contribution in [0.3, 0.4) is 0 Å². The highest BCUT2D eigenvalue weighted by molar-refractivity contribution is 7.90. The molecule has 3 saturated heterocycles. The van der Waals surface area contributed by atoms with Gasteiger partial charge in [0.2, 0.25) is 17.6 Å². The highest BCUT2D eigenvalue weighted by Gasteiger charge is 2.31. The topological polar surface area (TPSA) is 249 Å². The van der Waals surface area contributed by atoms with Crippen LogP contribution < -0.4 is 25.0 Å². The minimum atomic E-state index is -4.15. The number of nitrogens with zero attached hydrogens (tertiary/aromatic N) is 6. The van der Waals surface area contributed by atoms with E-state index in [4.69, 9.17) is 19.6 Å². The molecule has 3 amide bonds. The second-order valence-corrected chi connectivity index (χ2v) is 18.0. The van der Waals surface area contributed by atoms with Crippen molar-refractivity contribution in [1.29, 1.82) is 0 Å². The number of piperidine rings is 3. The van der Waals surface area contributed by atoms with Crippen molar-refractivity contribution in [2.24, 2.45) is 0 Å². The van der Waals surface area contributed by atoms with Crippen molar-refractivity contribution in [3.8, 4) is 16.9 Å². The van der Waals surface area contributed by atoms with Crippen LogP contribution in [-0.4, -0.2) is 131 Å². The van der Waals surface area contributed by atoms with E-state index in [1.807, 2.05) is 23.1 Å². The lowest BCUT2D eigenvalue weighted by atomic mass is 9.93. The number of nitrogens with one attached hydrogen (secondary N) is 4. The van der Waals surface area contributed by atoms with E-state index in [9.17, 15) is 27.6 Å². The van der Waals surface area contributed by atoms with Gasteiger partial charge in [0, 0.05) is 111 Å². The summed E-state index contributed by atoms with van der Waals surface area (Å²) >= 11 is 0. The first-order valence-corrected chi connectivity index (χ1v) is 23.1. The first kappa shape index (κ1) is 48.0. The minimum Gasteiger partial charge on any atom is -0.483 e. The standard InChI is InChI=1S/C44H48F2N10O7S.CH2O2/c1-3-54(2)64(61,62)53-35-8-6-33(45)40(41(35)46)42(59)32-24-51-43-31(32)20-28(22-50-43)27-4-10-37(49-21-27)55-18-14-29(15-19-55)47-25-39(58)56-16-12-26(13-17-56)34-7-5-30(23-48-34)63-36-9-11-38(57)52-44(36)60;2-1-3/h4-8,10,20-24,26,29,36,47,53H,3,9,11-19,25H2,1-2H3,(H,50,51)(H,52,57,60);1H,(H,2,3). The van der Waals surface area contributed by atoms with Crippen LogP contribution in [-0.2, 0) is 29.4 Å². The van der Waals surface area contributed by atoms with Gasteiger partial charge >= 0.3 is 10.2 Å². The summed E-state index contributed by atoms with van der Waals surface area (Å²) in [6.45, 7) is 4.45. The second-order valence-electron chi connectivity index (χ2n) is 16.2. The molecule has 0 spiro atoms. The fraction of sp³-hybridized carbons (Fsp3) is 0.378. The zero-order valence-electron chi connectivity index (χ0n) is 36.7. The molecule has 1 atom stereocenters. The van der Waals surface area contributed by atoms with Gasteiger partial charge in [-0.1, -0.05) is 6.92 Å². The molecule has 0 aliphatic carbocycles. The van der Waals surface area contributed by atoms with Gasteiger partial charge < -0.3 is 29.9 Å². The molecule has 22 heteroatoms. The van der Waals surface area contributed by atoms with Crippen molar-refractivity contribution in [1.82, 2.24) is 39.8 Å². The van der Waals surface area contributed by atoms with Gasteiger partial charge in [-0.25, -0.2) is 18.7 Å². The first-order chi connectivity index (χ1) is 32.2. The van der Waals surface area contributed by atoms with Crippen LogP contribution in [0.1, 0.15) is 73.0 Å². The van der Waals surface area contributed by atoms with Crippen LogP contribution in [0.25, 0.3) is 22.2 Å². The van der Waals surface area contributed by atoms with Gasteiger partial charge in [0.1, 0.15) is 23.0 Å². The molecule has 0 radical (unpaired) electrons. The number of carbonyl (C=O) groups is 5. The molecular formula is C45H50F2N10O9S. The molecule has 4 aromatic heterocycles. The number of likely N-dealkylation sites (tertiary alicyclic amines) is 1. The van der Waals surface area contributed by atoms with E-state index in [-0.39, 0.29) is 55.3 Å². The van der Waals surface area contributed by atoms with Crippen LogP contribution in [0.5, 0.6) is 5.75 Å². The molecule has 1 aromatic carbocycles. The molecule has 5 N–H and O–H groups in total. The number of imide groups is 1. The summed E-state index contributed by atoms with van der Waals surface area (Å²) in [7, 11) is -2.85. The second kappa shape index (κ2) is 21.2. The molecule has 67 heavy (non-hydrogen) atoms. The predicted molar refractivity (Wildman–Crippen MR) is 241 cm³/mol. The molecule has 3 fully saturated rings. The van der Waals surface area contributed by atoms with Crippen molar-refractivity contribution < 1.29 is 51.0 Å². The maximum atomic E-state index is 15.6. The number of rotatable bonds is 14.